The Balaban J connectivity index is 1.46. The molecule has 1 saturated heterocycles. The summed E-state index contributed by atoms with van der Waals surface area (Å²) in [6.45, 7) is 5.09. The van der Waals surface area contributed by atoms with Gasteiger partial charge in [0.05, 0.1) is 5.56 Å². The Morgan fingerprint density at radius 1 is 1.10 bits per heavy atom. The predicted octanol–water partition coefficient (Wildman–Crippen LogP) is 3.58. The van der Waals surface area contributed by atoms with Gasteiger partial charge in [-0.2, -0.15) is 11.8 Å². The van der Waals surface area contributed by atoms with E-state index in [0.717, 1.165) is 54.5 Å². The van der Waals surface area contributed by atoms with E-state index < -0.39 is 17.5 Å². The van der Waals surface area contributed by atoms with Crippen molar-refractivity contribution >= 4 is 29.3 Å². The molecule has 2 aromatic carbocycles. The molecule has 3 rings (SSSR count). The first-order valence-electron chi connectivity index (χ1n) is 9.85. The number of hydrogen-bond acceptors (Lipinski definition) is 4. The third-order valence-corrected chi connectivity index (χ3v) is 5.83. The third-order valence-electron chi connectivity index (χ3n) is 4.89. The van der Waals surface area contributed by atoms with Gasteiger partial charge < -0.3 is 10.6 Å². The molecule has 2 N–H and O–H groups in total. The first-order chi connectivity index (χ1) is 14.4. The monoisotopic (exact) mass is 433 g/mol. The zero-order valence-corrected chi connectivity index (χ0v) is 17.7. The molecule has 1 aliphatic rings. The molecule has 0 aliphatic carbocycles. The molecule has 160 valence electrons. The Bertz CT molecular complexity index is 917. The number of nitrogens with one attached hydrogen (secondary N) is 2. The van der Waals surface area contributed by atoms with Crippen molar-refractivity contribution in [3.05, 3.63) is 64.7 Å². The molecule has 1 heterocycles. The maximum absolute atomic E-state index is 13.6. The second kappa shape index (κ2) is 10.5. The van der Waals surface area contributed by atoms with Crippen LogP contribution in [0.4, 0.5) is 14.5 Å². The highest BCUT2D eigenvalue weighted by Gasteiger charge is 2.14. The first kappa shape index (κ1) is 22.2. The molecule has 1 fully saturated rings. The summed E-state index contributed by atoms with van der Waals surface area (Å²) in [6, 6.07) is 8.74. The van der Waals surface area contributed by atoms with E-state index in [1.165, 1.54) is 5.56 Å². The molecule has 5 nitrogen and oxygen atoms in total. The SMILES string of the molecule is Cc1cc(CN2CCSCC2)ccc1NC(=O)CCNC(=O)c1ccc(F)cc1F. The molecule has 2 aromatic rings. The van der Waals surface area contributed by atoms with Gasteiger partial charge in [0.25, 0.3) is 5.91 Å². The summed E-state index contributed by atoms with van der Waals surface area (Å²) in [5.74, 6) is -0.291. The van der Waals surface area contributed by atoms with E-state index >= 15 is 0 Å². The Morgan fingerprint density at radius 3 is 2.57 bits per heavy atom. The summed E-state index contributed by atoms with van der Waals surface area (Å²) in [6.07, 6.45) is 0.0428. The summed E-state index contributed by atoms with van der Waals surface area (Å²) in [5.41, 5.74) is 2.67. The Morgan fingerprint density at radius 2 is 1.87 bits per heavy atom. The van der Waals surface area contributed by atoms with Gasteiger partial charge in [-0.05, 0) is 36.2 Å². The van der Waals surface area contributed by atoms with Crippen LogP contribution in [-0.4, -0.2) is 47.9 Å². The van der Waals surface area contributed by atoms with Crippen molar-refractivity contribution in [2.24, 2.45) is 0 Å². The summed E-state index contributed by atoms with van der Waals surface area (Å²) in [7, 11) is 0. The number of rotatable bonds is 7. The standard InChI is InChI=1S/C22H25F2N3O2S/c1-15-12-16(14-27-8-10-30-11-9-27)2-5-20(15)26-21(28)6-7-25-22(29)18-4-3-17(23)13-19(18)24/h2-5,12-13H,6-11,14H2,1H3,(H,25,29)(H,26,28). The Kier molecular flexibility index (Phi) is 7.81. The molecule has 2 amide bonds. The molecule has 30 heavy (non-hydrogen) atoms. The zero-order valence-electron chi connectivity index (χ0n) is 16.8. The number of aryl methyl sites for hydroxylation is 1. The highest BCUT2D eigenvalue weighted by atomic mass is 32.2. The van der Waals surface area contributed by atoms with Crippen LogP contribution >= 0.6 is 11.8 Å². The van der Waals surface area contributed by atoms with Gasteiger partial charge in [0.2, 0.25) is 5.91 Å². The Hall–Kier alpha value is -2.45. The maximum atomic E-state index is 13.6. The van der Waals surface area contributed by atoms with E-state index in [2.05, 4.69) is 21.6 Å². The second-order valence-corrected chi connectivity index (χ2v) is 8.44. The number of carbonyl (C=O) groups is 2. The number of carbonyl (C=O) groups excluding carboxylic acids is 2. The van der Waals surface area contributed by atoms with Gasteiger partial charge in [-0.1, -0.05) is 12.1 Å². The summed E-state index contributed by atoms with van der Waals surface area (Å²) < 4.78 is 26.5. The average Bonchev–Trinajstić information content (AvgIpc) is 2.71. The number of anilines is 1. The van der Waals surface area contributed by atoms with Crippen LogP contribution in [0.3, 0.4) is 0 Å². The molecular formula is C22H25F2N3O2S. The van der Waals surface area contributed by atoms with E-state index in [4.69, 9.17) is 0 Å². The maximum Gasteiger partial charge on any atom is 0.254 e. The van der Waals surface area contributed by atoms with Gasteiger partial charge in [-0.3, -0.25) is 14.5 Å². The minimum absolute atomic E-state index is 0.0428. The highest BCUT2D eigenvalue weighted by Crippen LogP contribution is 2.19. The van der Waals surface area contributed by atoms with Crippen LogP contribution in [0.2, 0.25) is 0 Å². The lowest BCUT2D eigenvalue weighted by molar-refractivity contribution is -0.116. The number of amides is 2. The van der Waals surface area contributed by atoms with E-state index in [1.807, 2.05) is 30.8 Å². The lowest BCUT2D eigenvalue weighted by Crippen LogP contribution is -2.32. The molecule has 0 spiro atoms. The van der Waals surface area contributed by atoms with Crippen LogP contribution in [0.5, 0.6) is 0 Å². The number of halogens is 2. The van der Waals surface area contributed by atoms with E-state index in [1.54, 1.807) is 0 Å². The summed E-state index contributed by atoms with van der Waals surface area (Å²) >= 11 is 1.98. The van der Waals surface area contributed by atoms with Crippen LogP contribution in [0, 0.1) is 18.6 Å². The molecule has 1 aliphatic heterocycles. The van der Waals surface area contributed by atoms with Crippen LogP contribution in [0.15, 0.2) is 36.4 Å². The number of thioether (sulfide) groups is 1. The number of benzene rings is 2. The Labute approximate surface area is 179 Å². The van der Waals surface area contributed by atoms with Crippen molar-refractivity contribution in [3.8, 4) is 0 Å². The number of hydrogen-bond donors (Lipinski definition) is 2. The lowest BCUT2D eigenvalue weighted by atomic mass is 10.1. The molecular weight excluding hydrogens is 408 g/mol. The third kappa shape index (κ3) is 6.27. The van der Waals surface area contributed by atoms with Gasteiger partial charge in [0.1, 0.15) is 11.6 Å². The van der Waals surface area contributed by atoms with Gasteiger partial charge in [-0.25, -0.2) is 8.78 Å². The predicted molar refractivity (Wildman–Crippen MR) is 116 cm³/mol. The summed E-state index contributed by atoms with van der Waals surface area (Å²) in [4.78, 5) is 26.6. The largest absolute Gasteiger partial charge is 0.351 e. The van der Waals surface area contributed by atoms with Crippen molar-refractivity contribution in [3.63, 3.8) is 0 Å². The van der Waals surface area contributed by atoms with Crippen molar-refractivity contribution in [1.82, 2.24) is 10.2 Å². The second-order valence-electron chi connectivity index (χ2n) is 7.22. The van der Waals surface area contributed by atoms with E-state index in [0.29, 0.717) is 6.07 Å². The molecule has 0 atom stereocenters. The van der Waals surface area contributed by atoms with Crippen LogP contribution in [-0.2, 0) is 11.3 Å². The fraction of sp³-hybridized carbons (Fsp3) is 0.364. The normalized spacial score (nSPS) is 14.4. The van der Waals surface area contributed by atoms with Crippen LogP contribution in [0.25, 0.3) is 0 Å². The van der Waals surface area contributed by atoms with E-state index in [-0.39, 0.29) is 24.4 Å². The van der Waals surface area contributed by atoms with Gasteiger partial charge in [0, 0.05) is 55.9 Å². The van der Waals surface area contributed by atoms with Gasteiger partial charge in [0.15, 0.2) is 0 Å². The minimum Gasteiger partial charge on any atom is -0.351 e. The van der Waals surface area contributed by atoms with Crippen molar-refractivity contribution < 1.29 is 18.4 Å². The molecule has 0 bridgehead atoms. The average molecular weight is 434 g/mol. The topological polar surface area (TPSA) is 61.4 Å². The molecule has 0 unspecified atom stereocenters. The van der Waals surface area contributed by atoms with Crippen molar-refractivity contribution in [2.45, 2.75) is 19.9 Å². The molecule has 0 radical (unpaired) electrons. The lowest BCUT2D eigenvalue weighted by Gasteiger charge is -2.26. The van der Waals surface area contributed by atoms with Crippen molar-refractivity contribution in [1.29, 1.82) is 0 Å². The fourth-order valence-corrected chi connectivity index (χ4v) is 4.23. The summed E-state index contributed by atoms with van der Waals surface area (Å²) in [5, 5.41) is 5.32. The van der Waals surface area contributed by atoms with Crippen molar-refractivity contribution in [2.75, 3.05) is 36.5 Å². The quantitative estimate of drug-likeness (QED) is 0.701. The van der Waals surface area contributed by atoms with Gasteiger partial charge >= 0.3 is 0 Å². The fourth-order valence-electron chi connectivity index (χ4n) is 3.25. The van der Waals surface area contributed by atoms with Crippen LogP contribution < -0.4 is 10.6 Å². The molecule has 8 heteroatoms. The zero-order chi connectivity index (χ0) is 21.5. The van der Waals surface area contributed by atoms with E-state index in [9.17, 15) is 18.4 Å². The van der Waals surface area contributed by atoms with Crippen LogP contribution in [0.1, 0.15) is 27.9 Å². The highest BCUT2D eigenvalue weighted by molar-refractivity contribution is 7.99. The molecule has 0 aromatic heterocycles. The minimum atomic E-state index is -0.934. The number of nitrogens with zero attached hydrogens (tertiary/aromatic N) is 1. The first-order valence-corrected chi connectivity index (χ1v) is 11.0. The molecule has 0 saturated carbocycles. The van der Waals surface area contributed by atoms with Gasteiger partial charge in [-0.15, -0.1) is 0 Å². The smallest absolute Gasteiger partial charge is 0.254 e.